The molecule has 1 rings (SSSR count). The first kappa shape index (κ1) is 12.0. The first-order valence-electron chi connectivity index (χ1n) is 3.20. The van der Waals surface area contributed by atoms with Crippen LogP contribution in [-0.2, 0) is 0 Å². The van der Waals surface area contributed by atoms with Crippen LogP contribution in [0.2, 0.25) is 0 Å². The highest BCUT2D eigenvalue weighted by atomic mass is 35.5. The molecule has 0 spiro atoms. The van der Waals surface area contributed by atoms with Crippen LogP contribution in [-0.4, -0.2) is 0 Å². The molecule has 0 atom stereocenters. The van der Waals surface area contributed by atoms with E-state index in [9.17, 15) is 0 Å². The molecule has 1 aromatic carbocycles. The van der Waals surface area contributed by atoms with Gasteiger partial charge in [0.05, 0.1) is 0 Å². The third kappa shape index (κ3) is 5.45. The van der Waals surface area contributed by atoms with Crippen LogP contribution in [0.4, 0.5) is 5.69 Å². The third-order valence-corrected chi connectivity index (χ3v) is 0.800. The maximum Gasteiger partial charge on any atom is 0.0313 e. The lowest BCUT2D eigenvalue weighted by molar-refractivity contribution is 1.50. The Morgan fingerprint density at radius 2 is 1.40 bits per heavy atom. The molecule has 1 nitrogen and oxygen atoms in total. The zero-order chi connectivity index (χ0) is 7.11. The summed E-state index contributed by atoms with van der Waals surface area (Å²) in [6.45, 7) is 4.00. The minimum absolute atomic E-state index is 0. The number of para-hydroxylation sites is 1. The standard InChI is InChI=1S/C6H7N.C2H6.ClH/c7-6-4-2-1-3-5-6;1-2;/h1-5H,7H2;1-2H3;1H. The second kappa shape index (κ2) is 8.31. The average Bonchev–Trinajstić information content (AvgIpc) is 1.94. The number of anilines is 1. The van der Waals surface area contributed by atoms with E-state index in [1.807, 2.05) is 44.2 Å². The van der Waals surface area contributed by atoms with Crippen molar-refractivity contribution >= 4 is 18.1 Å². The molecule has 2 N–H and O–H groups in total. The molecule has 0 saturated carbocycles. The molecule has 2 heteroatoms. The molecule has 0 fully saturated rings. The van der Waals surface area contributed by atoms with Gasteiger partial charge in [-0.05, 0) is 12.1 Å². The highest BCUT2D eigenvalue weighted by Crippen LogP contribution is 1.95. The molecular weight excluding hydrogens is 146 g/mol. The van der Waals surface area contributed by atoms with Gasteiger partial charge in [0.15, 0.2) is 0 Å². The fourth-order valence-electron chi connectivity index (χ4n) is 0.453. The van der Waals surface area contributed by atoms with Gasteiger partial charge in [-0.25, -0.2) is 0 Å². The number of benzene rings is 1. The van der Waals surface area contributed by atoms with Crippen molar-refractivity contribution in [1.29, 1.82) is 0 Å². The van der Waals surface area contributed by atoms with Crippen molar-refractivity contribution in [3.63, 3.8) is 0 Å². The summed E-state index contributed by atoms with van der Waals surface area (Å²) in [6.07, 6.45) is 0. The highest BCUT2D eigenvalue weighted by molar-refractivity contribution is 5.85. The van der Waals surface area contributed by atoms with Gasteiger partial charge < -0.3 is 5.73 Å². The Morgan fingerprint density at radius 3 is 1.60 bits per heavy atom. The first-order valence-corrected chi connectivity index (χ1v) is 3.20. The van der Waals surface area contributed by atoms with Crippen LogP contribution in [0, 0.1) is 0 Å². The monoisotopic (exact) mass is 159 g/mol. The molecule has 0 heterocycles. The van der Waals surface area contributed by atoms with Gasteiger partial charge in [-0.1, -0.05) is 32.0 Å². The van der Waals surface area contributed by atoms with Crippen LogP contribution >= 0.6 is 12.4 Å². The highest BCUT2D eigenvalue weighted by Gasteiger charge is 1.72. The number of nitrogens with two attached hydrogens (primary N) is 1. The number of hydrogen-bond donors (Lipinski definition) is 1. The summed E-state index contributed by atoms with van der Waals surface area (Å²) >= 11 is 0. The summed E-state index contributed by atoms with van der Waals surface area (Å²) < 4.78 is 0. The summed E-state index contributed by atoms with van der Waals surface area (Å²) in [7, 11) is 0. The van der Waals surface area contributed by atoms with E-state index in [0.29, 0.717) is 0 Å². The molecule has 0 unspecified atom stereocenters. The molecule has 1 aromatic rings. The normalized spacial score (nSPS) is 6.60. The molecular formula is C8H14ClN. The summed E-state index contributed by atoms with van der Waals surface area (Å²) in [5.74, 6) is 0. The first-order chi connectivity index (χ1) is 4.39. The van der Waals surface area contributed by atoms with E-state index in [1.54, 1.807) is 0 Å². The fourth-order valence-corrected chi connectivity index (χ4v) is 0.453. The topological polar surface area (TPSA) is 26.0 Å². The molecule has 0 bridgehead atoms. The van der Waals surface area contributed by atoms with E-state index >= 15 is 0 Å². The largest absolute Gasteiger partial charge is 0.399 e. The second-order valence-corrected chi connectivity index (χ2v) is 1.41. The predicted octanol–water partition coefficient (Wildman–Crippen LogP) is 2.72. The van der Waals surface area contributed by atoms with Crippen LogP contribution in [0.5, 0.6) is 0 Å². The summed E-state index contributed by atoms with van der Waals surface area (Å²) in [4.78, 5) is 0. The van der Waals surface area contributed by atoms with Crippen molar-refractivity contribution in [3.8, 4) is 0 Å². The zero-order valence-corrected chi connectivity index (χ0v) is 7.19. The molecule has 0 radical (unpaired) electrons. The summed E-state index contributed by atoms with van der Waals surface area (Å²) in [5.41, 5.74) is 6.18. The fraction of sp³-hybridized carbons (Fsp3) is 0.250. The number of nitrogen functional groups attached to an aromatic ring is 1. The Kier molecular flexibility index (Phi) is 10.00. The Morgan fingerprint density at radius 1 is 1.00 bits per heavy atom. The van der Waals surface area contributed by atoms with E-state index in [0.717, 1.165) is 5.69 Å². The summed E-state index contributed by atoms with van der Waals surface area (Å²) in [5, 5.41) is 0. The molecule has 0 aliphatic heterocycles. The number of hydrogen-bond acceptors (Lipinski definition) is 1. The van der Waals surface area contributed by atoms with Gasteiger partial charge in [0.2, 0.25) is 0 Å². The van der Waals surface area contributed by atoms with Crippen molar-refractivity contribution < 1.29 is 0 Å². The SMILES string of the molecule is CC.Cl.Nc1ccccc1. The lowest BCUT2D eigenvalue weighted by Crippen LogP contribution is -1.79. The minimum Gasteiger partial charge on any atom is -0.399 e. The molecule has 10 heavy (non-hydrogen) atoms. The lowest BCUT2D eigenvalue weighted by Gasteiger charge is -1.83. The van der Waals surface area contributed by atoms with Crippen LogP contribution in [0.1, 0.15) is 13.8 Å². The third-order valence-electron chi connectivity index (χ3n) is 0.800. The van der Waals surface area contributed by atoms with Gasteiger partial charge in [-0.15, -0.1) is 12.4 Å². The smallest absolute Gasteiger partial charge is 0.0313 e. The van der Waals surface area contributed by atoms with E-state index in [4.69, 9.17) is 5.73 Å². The molecule has 0 amide bonds. The quantitative estimate of drug-likeness (QED) is 0.579. The van der Waals surface area contributed by atoms with E-state index < -0.39 is 0 Å². The number of halogens is 1. The molecule has 58 valence electrons. The van der Waals surface area contributed by atoms with Crippen LogP contribution in [0.25, 0.3) is 0 Å². The summed E-state index contributed by atoms with van der Waals surface area (Å²) in [6, 6.07) is 9.49. The Labute approximate surface area is 68.7 Å². The Balaban J connectivity index is 0. The van der Waals surface area contributed by atoms with E-state index in [-0.39, 0.29) is 12.4 Å². The van der Waals surface area contributed by atoms with Crippen molar-refractivity contribution in [2.45, 2.75) is 13.8 Å². The van der Waals surface area contributed by atoms with Gasteiger partial charge in [0.25, 0.3) is 0 Å². The maximum absolute atomic E-state index is 5.36. The van der Waals surface area contributed by atoms with Crippen molar-refractivity contribution in [2.75, 3.05) is 5.73 Å². The van der Waals surface area contributed by atoms with Gasteiger partial charge in [-0.2, -0.15) is 0 Å². The van der Waals surface area contributed by atoms with Crippen molar-refractivity contribution in [3.05, 3.63) is 30.3 Å². The predicted molar refractivity (Wildman–Crippen MR) is 49.5 cm³/mol. The molecule has 0 aliphatic rings. The Hall–Kier alpha value is -0.690. The zero-order valence-electron chi connectivity index (χ0n) is 6.37. The van der Waals surface area contributed by atoms with Gasteiger partial charge in [0, 0.05) is 5.69 Å². The van der Waals surface area contributed by atoms with Crippen molar-refractivity contribution in [2.24, 2.45) is 0 Å². The average molecular weight is 160 g/mol. The van der Waals surface area contributed by atoms with Crippen molar-refractivity contribution in [1.82, 2.24) is 0 Å². The van der Waals surface area contributed by atoms with Crippen LogP contribution in [0.3, 0.4) is 0 Å². The van der Waals surface area contributed by atoms with Crippen LogP contribution in [0.15, 0.2) is 30.3 Å². The van der Waals surface area contributed by atoms with Gasteiger partial charge >= 0.3 is 0 Å². The second-order valence-electron chi connectivity index (χ2n) is 1.41. The maximum atomic E-state index is 5.36. The molecule has 0 aliphatic carbocycles. The molecule has 0 aromatic heterocycles. The Bertz CT molecular complexity index is 139. The van der Waals surface area contributed by atoms with Gasteiger partial charge in [-0.3, -0.25) is 0 Å². The van der Waals surface area contributed by atoms with E-state index in [2.05, 4.69) is 0 Å². The lowest BCUT2D eigenvalue weighted by atomic mass is 10.3. The minimum atomic E-state index is 0. The van der Waals surface area contributed by atoms with E-state index in [1.165, 1.54) is 0 Å². The van der Waals surface area contributed by atoms with Crippen LogP contribution < -0.4 is 5.73 Å². The van der Waals surface area contributed by atoms with Gasteiger partial charge in [0.1, 0.15) is 0 Å². The molecule has 0 saturated heterocycles. The number of rotatable bonds is 0.